The summed E-state index contributed by atoms with van der Waals surface area (Å²) in [6.07, 6.45) is 4.28. The lowest BCUT2D eigenvalue weighted by Gasteiger charge is -2.34. The van der Waals surface area contributed by atoms with Crippen LogP contribution in [-0.4, -0.2) is 48.4 Å². The first-order valence-corrected chi connectivity index (χ1v) is 8.21. The van der Waals surface area contributed by atoms with Crippen molar-refractivity contribution in [3.8, 4) is 0 Å². The minimum Gasteiger partial charge on any atom is -0.336 e. The number of carbonyl (C=O) groups excluding carboxylic acids is 1. The van der Waals surface area contributed by atoms with Crippen LogP contribution in [0.15, 0.2) is 60.7 Å². The molecule has 0 atom stereocenters. The molecule has 124 valence electrons. The van der Waals surface area contributed by atoms with Crippen molar-refractivity contribution < 1.29 is 9.18 Å². The van der Waals surface area contributed by atoms with Crippen LogP contribution in [0.1, 0.15) is 15.9 Å². The van der Waals surface area contributed by atoms with Crippen molar-refractivity contribution in [1.29, 1.82) is 0 Å². The van der Waals surface area contributed by atoms with Gasteiger partial charge in [-0.1, -0.05) is 42.5 Å². The molecule has 0 saturated carbocycles. The predicted octanol–water partition coefficient (Wildman–Crippen LogP) is 3.30. The first-order chi connectivity index (χ1) is 11.7. The van der Waals surface area contributed by atoms with Gasteiger partial charge in [0, 0.05) is 38.3 Å². The van der Waals surface area contributed by atoms with Crippen molar-refractivity contribution in [2.24, 2.45) is 0 Å². The van der Waals surface area contributed by atoms with Crippen LogP contribution < -0.4 is 0 Å². The number of carbonyl (C=O) groups is 1. The summed E-state index contributed by atoms with van der Waals surface area (Å²) in [5.74, 6) is -0.337. The van der Waals surface area contributed by atoms with Crippen molar-refractivity contribution in [3.05, 3.63) is 77.6 Å². The molecular formula is C20H21FN2O. The molecule has 1 aliphatic heterocycles. The molecule has 2 aromatic carbocycles. The molecule has 1 aliphatic rings. The van der Waals surface area contributed by atoms with Crippen molar-refractivity contribution >= 4 is 12.0 Å². The maximum Gasteiger partial charge on any atom is 0.253 e. The Bertz CT molecular complexity index is 689. The van der Waals surface area contributed by atoms with Crippen LogP contribution in [0.2, 0.25) is 0 Å². The number of benzene rings is 2. The van der Waals surface area contributed by atoms with Crippen molar-refractivity contribution in [1.82, 2.24) is 9.80 Å². The van der Waals surface area contributed by atoms with Crippen molar-refractivity contribution in [2.45, 2.75) is 0 Å². The van der Waals surface area contributed by atoms with Crippen LogP contribution in [-0.2, 0) is 0 Å². The van der Waals surface area contributed by atoms with Gasteiger partial charge in [0.05, 0.1) is 0 Å². The number of hydrogen-bond donors (Lipinski definition) is 0. The summed E-state index contributed by atoms with van der Waals surface area (Å²) in [7, 11) is 0. The fourth-order valence-electron chi connectivity index (χ4n) is 2.81. The number of amides is 1. The fourth-order valence-corrected chi connectivity index (χ4v) is 2.81. The number of rotatable bonds is 4. The number of nitrogens with zero attached hydrogens (tertiary/aromatic N) is 2. The van der Waals surface area contributed by atoms with Gasteiger partial charge in [-0.15, -0.1) is 0 Å². The molecule has 0 aromatic heterocycles. The van der Waals surface area contributed by atoms with Crippen LogP contribution in [0.5, 0.6) is 0 Å². The van der Waals surface area contributed by atoms with Crippen LogP contribution in [0.25, 0.3) is 6.08 Å². The van der Waals surface area contributed by atoms with Gasteiger partial charge in [-0.05, 0) is 29.8 Å². The molecule has 0 unspecified atom stereocenters. The molecule has 0 spiro atoms. The third-order valence-electron chi connectivity index (χ3n) is 4.22. The van der Waals surface area contributed by atoms with Gasteiger partial charge in [0.25, 0.3) is 5.91 Å². The van der Waals surface area contributed by atoms with Gasteiger partial charge < -0.3 is 4.90 Å². The van der Waals surface area contributed by atoms with E-state index in [4.69, 9.17) is 0 Å². The fraction of sp³-hybridized carbons (Fsp3) is 0.250. The Balaban J connectivity index is 1.48. The Kier molecular flexibility index (Phi) is 5.39. The summed E-state index contributed by atoms with van der Waals surface area (Å²) < 4.78 is 12.9. The monoisotopic (exact) mass is 324 g/mol. The lowest BCUT2D eigenvalue weighted by atomic mass is 10.1. The molecule has 3 rings (SSSR count). The van der Waals surface area contributed by atoms with E-state index in [0.29, 0.717) is 18.7 Å². The SMILES string of the molecule is O=C(c1ccc(F)cc1)N1CCN(CC=Cc2ccccc2)CC1. The summed E-state index contributed by atoms with van der Waals surface area (Å²) in [4.78, 5) is 16.6. The lowest BCUT2D eigenvalue weighted by Crippen LogP contribution is -2.48. The van der Waals surface area contributed by atoms with Crippen molar-refractivity contribution in [2.75, 3.05) is 32.7 Å². The first-order valence-electron chi connectivity index (χ1n) is 8.21. The lowest BCUT2D eigenvalue weighted by molar-refractivity contribution is 0.0650. The highest BCUT2D eigenvalue weighted by Gasteiger charge is 2.21. The van der Waals surface area contributed by atoms with E-state index in [-0.39, 0.29) is 11.7 Å². The molecule has 1 amide bonds. The van der Waals surface area contributed by atoms with Crippen LogP contribution in [0.3, 0.4) is 0 Å². The van der Waals surface area contributed by atoms with E-state index in [1.807, 2.05) is 23.1 Å². The van der Waals surface area contributed by atoms with Crippen LogP contribution >= 0.6 is 0 Å². The largest absolute Gasteiger partial charge is 0.336 e. The summed E-state index contributed by atoms with van der Waals surface area (Å²) in [6, 6.07) is 16.0. The number of piperazine rings is 1. The average molecular weight is 324 g/mol. The number of halogens is 1. The van der Waals surface area contributed by atoms with Crippen LogP contribution in [0.4, 0.5) is 4.39 Å². The summed E-state index contributed by atoms with van der Waals surface area (Å²) in [5, 5.41) is 0. The Morgan fingerprint density at radius 1 is 0.958 bits per heavy atom. The quantitative estimate of drug-likeness (QED) is 0.861. The van der Waals surface area contributed by atoms with E-state index < -0.39 is 0 Å². The molecule has 1 fully saturated rings. The van der Waals surface area contributed by atoms with Gasteiger partial charge in [0.15, 0.2) is 0 Å². The van der Waals surface area contributed by atoms with E-state index >= 15 is 0 Å². The summed E-state index contributed by atoms with van der Waals surface area (Å²) in [5.41, 5.74) is 1.75. The highest BCUT2D eigenvalue weighted by Crippen LogP contribution is 2.10. The van der Waals surface area contributed by atoms with Gasteiger partial charge in [-0.25, -0.2) is 4.39 Å². The highest BCUT2D eigenvalue weighted by atomic mass is 19.1. The molecule has 0 radical (unpaired) electrons. The maximum absolute atomic E-state index is 12.9. The molecule has 24 heavy (non-hydrogen) atoms. The molecule has 2 aromatic rings. The Morgan fingerprint density at radius 2 is 1.62 bits per heavy atom. The third kappa shape index (κ3) is 4.30. The second-order valence-corrected chi connectivity index (χ2v) is 5.91. The maximum atomic E-state index is 12.9. The molecule has 4 heteroatoms. The topological polar surface area (TPSA) is 23.6 Å². The predicted molar refractivity (Wildman–Crippen MR) is 94.2 cm³/mol. The smallest absolute Gasteiger partial charge is 0.253 e. The molecule has 1 heterocycles. The molecule has 3 nitrogen and oxygen atoms in total. The molecular weight excluding hydrogens is 303 g/mol. The van der Waals surface area contributed by atoms with E-state index in [0.717, 1.165) is 19.6 Å². The van der Waals surface area contributed by atoms with Gasteiger partial charge in [0.1, 0.15) is 5.82 Å². The zero-order valence-electron chi connectivity index (χ0n) is 13.6. The van der Waals surface area contributed by atoms with E-state index in [9.17, 15) is 9.18 Å². The third-order valence-corrected chi connectivity index (χ3v) is 4.22. The first kappa shape index (κ1) is 16.4. The second kappa shape index (κ2) is 7.88. The molecule has 0 bridgehead atoms. The van der Waals surface area contributed by atoms with E-state index in [1.165, 1.54) is 17.7 Å². The Morgan fingerprint density at radius 3 is 2.29 bits per heavy atom. The van der Waals surface area contributed by atoms with Gasteiger partial charge >= 0.3 is 0 Å². The standard InChI is InChI=1S/C20H21FN2O/c21-19-10-8-18(9-11-19)20(24)23-15-13-22(14-16-23)12-4-7-17-5-2-1-3-6-17/h1-11H,12-16H2. The van der Waals surface area contributed by atoms with E-state index in [1.54, 1.807) is 12.1 Å². The van der Waals surface area contributed by atoms with Gasteiger partial charge in [-0.2, -0.15) is 0 Å². The minimum absolute atomic E-state index is 0.0190. The molecule has 1 saturated heterocycles. The van der Waals surface area contributed by atoms with Crippen LogP contribution in [0, 0.1) is 5.82 Å². The Hall–Kier alpha value is -2.46. The number of hydrogen-bond acceptors (Lipinski definition) is 2. The minimum atomic E-state index is -0.318. The van der Waals surface area contributed by atoms with Gasteiger partial charge in [0.2, 0.25) is 0 Å². The van der Waals surface area contributed by atoms with E-state index in [2.05, 4.69) is 29.2 Å². The van der Waals surface area contributed by atoms with Gasteiger partial charge in [-0.3, -0.25) is 9.69 Å². The molecule has 0 N–H and O–H groups in total. The molecule has 0 aliphatic carbocycles. The zero-order valence-corrected chi connectivity index (χ0v) is 13.6. The average Bonchev–Trinajstić information content (AvgIpc) is 2.63. The Labute approximate surface area is 142 Å². The summed E-state index contributed by atoms with van der Waals surface area (Å²) in [6.45, 7) is 4.00. The van der Waals surface area contributed by atoms with Crippen molar-refractivity contribution in [3.63, 3.8) is 0 Å². The second-order valence-electron chi connectivity index (χ2n) is 5.91. The zero-order chi connectivity index (χ0) is 16.8. The normalized spacial score (nSPS) is 15.8. The highest BCUT2D eigenvalue weighted by molar-refractivity contribution is 5.94. The summed E-state index contributed by atoms with van der Waals surface area (Å²) >= 11 is 0.